The summed E-state index contributed by atoms with van der Waals surface area (Å²) in [5, 5.41) is 0.932. The van der Waals surface area contributed by atoms with Crippen LogP contribution in [-0.4, -0.2) is 18.3 Å². The molecule has 0 saturated heterocycles. The molecule has 0 N–H and O–H groups in total. The second kappa shape index (κ2) is 6.77. The van der Waals surface area contributed by atoms with Crippen molar-refractivity contribution in [2.24, 2.45) is 0 Å². The zero-order chi connectivity index (χ0) is 16.3. The molecule has 0 unspecified atom stereocenters. The van der Waals surface area contributed by atoms with E-state index in [1.165, 1.54) is 3.97 Å². The Balaban J connectivity index is 2.11. The quantitative estimate of drug-likeness (QED) is 0.494. The average Bonchev–Trinajstić information content (AvgIpc) is 2.96. The zero-order valence-corrected chi connectivity index (χ0v) is 14.1. The van der Waals surface area contributed by atoms with Gasteiger partial charge in [0.05, 0.1) is 10.4 Å². The van der Waals surface area contributed by atoms with Crippen LogP contribution in [0.3, 0.4) is 0 Å². The summed E-state index contributed by atoms with van der Waals surface area (Å²) in [6.07, 6.45) is 4.38. The Kier molecular flexibility index (Phi) is 4.74. The summed E-state index contributed by atoms with van der Waals surface area (Å²) in [6, 6.07) is 16.9. The highest BCUT2D eigenvalue weighted by atomic mass is 35.5. The molecule has 0 saturated carbocycles. The SMILES string of the molecule is O=S(=O)(c1ccccc1)n1cc(CCCCCl)c2c[c]ccc21. The third kappa shape index (κ3) is 3.14. The second-order valence-electron chi connectivity index (χ2n) is 5.36. The monoisotopic (exact) mass is 346 g/mol. The van der Waals surface area contributed by atoms with Crippen molar-refractivity contribution in [3.63, 3.8) is 0 Å². The number of hydrogen-bond donors (Lipinski definition) is 0. The maximum atomic E-state index is 12.9. The molecular weight excluding hydrogens is 330 g/mol. The minimum atomic E-state index is -3.60. The highest BCUT2D eigenvalue weighted by Crippen LogP contribution is 2.26. The number of halogens is 1. The molecule has 1 radical (unpaired) electrons. The maximum Gasteiger partial charge on any atom is 0.268 e. The van der Waals surface area contributed by atoms with Gasteiger partial charge in [0.25, 0.3) is 10.0 Å². The number of nitrogens with zero attached hydrogens (tertiary/aromatic N) is 1. The summed E-state index contributed by atoms with van der Waals surface area (Å²) >= 11 is 5.74. The number of aryl methyl sites for hydroxylation is 1. The molecular formula is C18H17ClNO2S. The summed E-state index contributed by atoms with van der Waals surface area (Å²) in [4.78, 5) is 0.289. The van der Waals surface area contributed by atoms with Gasteiger partial charge in [0.1, 0.15) is 0 Å². The number of fused-ring (bicyclic) bond motifs is 1. The van der Waals surface area contributed by atoms with Crippen LogP contribution in [0, 0.1) is 6.07 Å². The lowest BCUT2D eigenvalue weighted by Gasteiger charge is -2.07. The normalized spacial score (nSPS) is 11.9. The van der Waals surface area contributed by atoms with Crippen LogP contribution in [0.4, 0.5) is 0 Å². The molecule has 0 spiro atoms. The van der Waals surface area contributed by atoms with E-state index >= 15 is 0 Å². The van der Waals surface area contributed by atoms with Gasteiger partial charge in [-0.05, 0) is 55.2 Å². The van der Waals surface area contributed by atoms with E-state index < -0.39 is 10.0 Å². The van der Waals surface area contributed by atoms with Crippen molar-refractivity contribution in [1.82, 2.24) is 3.97 Å². The molecule has 1 aromatic heterocycles. The van der Waals surface area contributed by atoms with E-state index in [9.17, 15) is 8.42 Å². The molecule has 0 fully saturated rings. The molecule has 0 amide bonds. The minimum absolute atomic E-state index is 0.289. The predicted octanol–water partition coefficient (Wildman–Crippen LogP) is 4.24. The minimum Gasteiger partial charge on any atom is -0.241 e. The van der Waals surface area contributed by atoms with E-state index in [1.54, 1.807) is 48.7 Å². The highest BCUT2D eigenvalue weighted by molar-refractivity contribution is 7.90. The number of rotatable bonds is 6. The van der Waals surface area contributed by atoms with Gasteiger partial charge in [-0.3, -0.25) is 0 Å². The van der Waals surface area contributed by atoms with Crippen molar-refractivity contribution >= 4 is 32.5 Å². The molecule has 0 aliphatic rings. The van der Waals surface area contributed by atoms with Crippen molar-refractivity contribution in [1.29, 1.82) is 0 Å². The number of benzene rings is 2. The first-order valence-corrected chi connectivity index (χ1v) is 9.48. The molecule has 0 bridgehead atoms. The molecule has 3 nitrogen and oxygen atoms in total. The zero-order valence-electron chi connectivity index (χ0n) is 12.6. The van der Waals surface area contributed by atoms with Gasteiger partial charge in [0.2, 0.25) is 0 Å². The van der Waals surface area contributed by atoms with Gasteiger partial charge in [0.15, 0.2) is 0 Å². The van der Waals surface area contributed by atoms with E-state index in [0.29, 0.717) is 11.4 Å². The molecule has 0 aliphatic carbocycles. The second-order valence-corrected chi connectivity index (χ2v) is 7.55. The van der Waals surface area contributed by atoms with Crippen molar-refractivity contribution in [3.05, 3.63) is 66.4 Å². The molecule has 119 valence electrons. The van der Waals surface area contributed by atoms with E-state index in [0.717, 1.165) is 30.2 Å². The fourth-order valence-electron chi connectivity index (χ4n) is 2.67. The summed E-state index contributed by atoms with van der Waals surface area (Å²) in [6.45, 7) is 0. The summed E-state index contributed by atoms with van der Waals surface area (Å²) in [5.74, 6) is 0.618. The summed E-state index contributed by atoms with van der Waals surface area (Å²) < 4.78 is 27.2. The topological polar surface area (TPSA) is 39.1 Å². The van der Waals surface area contributed by atoms with Gasteiger partial charge in [0, 0.05) is 17.5 Å². The Hall–Kier alpha value is -1.78. The average molecular weight is 347 g/mol. The van der Waals surface area contributed by atoms with E-state index in [4.69, 9.17) is 11.6 Å². The maximum absolute atomic E-state index is 12.9. The summed E-state index contributed by atoms with van der Waals surface area (Å²) in [7, 11) is -3.60. The Morgan fingerprint density at radius 1 is 1.09 bits per heavy atom. The Morgan fingerprint density at radius 3 is 2.61 bits per heavy atom. The van der Waals surface area contributed by atoms with Gasteiger partial charge in [-0.1, -0.05) is 24.3 Å². The Morgan fingerprint density at radius 2 is 1.87 bits per heavy atom. The smallest absolute Gasteiger partial charge is 0.241 e. The van der Waals surface area contributed by atoms with Crippen LogP contribution >= 0.6 is 11.6 Å². The van der Waals surface area contributed by atoms with Gasteiger partial charge in [-0.2, -0.15) is 0 Å². The number of alkyl halides is 1. The van der Waals surface area contributed by atoms with Crippen LogP contribution in [0.5, 0.6) is 0 Å². The first-order valence-electron chi connectivity index (χ1n) is 7.51. The Bertz CT molecular complexity index is 901. The van der Waals surface area contributed by atoms with Crippen molar-refractivity contribution in [3.8, 4) is 0 Å². The third-order valence-corrected chi connectivity index (χ3v) is 5.78. The van der Waals surface area contributed by atoms with Gasteiger partial charge < -0.3 is 0 Å². The molecule has 5 heteroatoms. The molecule has 3 rings (SSSR count). The lowest BCUT2D eigenvalue weighted by atomic mass is 10.1. The predicted molar refractivity (Wildman–Crippen MR) is 93.5 cm³/mol. The highest BCUT2D eigenvalue weighted by Gasteiger charge is 2.20. The van der Waals surface area contributed by atoms with Crippen LogP contribution in [0.25, 0.3) is 10.9 Å². The fourth-order valence-corrected chi connectivity index (χ4v) is 4.27. The van der Waals surface area contributed by atoms with Gasteiger partial charge >= 0.3 is 0 Å². The third-order valence-electron chi connectivity index (χ3n) is 3.83. The van der Waals surface area contributed by atoms with E-state index in [-0.39, 0.29) is 4.90 Å². The molecule has 3 aromatic rings. The number of hydrogen-bond acceptors (Lipinski definition) is 2. The fraction of sp³-hybridized carbons (Fsp3) is 0.222. The van der Waals surface area contributed by atoms with Crippen molar-refractivity contribution < 1.29 is 8.42 Å². The van der Waals surface area contributed by atoms with Crippen molar-refractivity contribution in [2.45, 2.75) is 24.2 Å². The van der Waals surface area contributed by atoms with Crippen LogP contribution in [0.2, 0.25) is 0 Å². The standard InChI is InChI=1S/C18H17ClNO2S/c19-13-7-6-8-15-14-20(18-12-5-4-11-17(15)18)23(21,22)16-9-2-1-3-10-16/h1-3,5,9-12,14H,6-8,13H2. The molecule has 1 heterocycles. The molecule has 23 heavy (non-hydrogen) atoms. The lowest BCUT2D eigenvalue weighted by molar-refractivity contribution is 0.589. The summed E-state index contributed by atoms with van der Waals surface area (Å²) in [5.41, 5.74) is 1.70. The first-order chi connectivity index (χ1) is 11.1. The van der Waals surface area contributed by atoms with Crippen LogP contribution in [0.15, 0.2) is 59.6 Å². The van der Waals surface area contributed by atoms with E-state index in [2.05, 4.69) is 6.07 Å². The largest absolute Gasteiger partial charge is 0.268 e. The van der Waals surface area contributed by atoms with Crippen LogP contribution in [-0.2, 0) is 16.4 Å². The molecule has 0 atom stereocenters. The van der Waals surface area contributed by atoms with E-state index in [1.807, 2.05) is 6.07 Å². The molecule has 2 aromatic carbocycles. The van der Waals surface area contributed by atoms with Gasteiger partial charge in [-0.25, -0.2) is 12.4 Å². The first kappa shape index (κ1) is 16.1. The number of unbranched alkanes of at least 4 members (excludes halogenated alkanes) is 1. The van der Waals surface area contributed by atoms with Crippen LogP contribution < -0.4 is 0 Å². The molecule has 0 aliphatic heterocycles. The Labute approximate surface area is 141 Å². The van der Waals surface area contributed by atoms with Crippen LogP contribution in [0.1, 0.15) is 18.4 Å². The van der Waals surface area contributed by atoms with Gasteiger partial charge in [-0.15, -0.1) is 11.6 Å². The lowest BCUT2D eigenvalue weighted by Crippen LogP contribution is -2.11. The van der Waals surface area contributed by atoms with Crippen molar-refractivity contribution in [2.75, 3.05) is 5.88 Å². The number of aromatic nitrogens is 1.